The van der Waals surface area contributed by atoms with Crippen LogP contribution in [0.5, 0.6) is 0 Å². The zero-order valence-corrected chi connectivity index (χ0v) is 10.8. The standard InChI is InChI=1S/C10H17BrN4/c1-3-5-15(6-4-2)9-8(11)7-13-10(12)14-9/h7H,3-6H2,1-2H3,(H2,12,13,14). The van der Waals surface area contributed by atoms with Crippen LogP contribution in [0.1, 0.15) is 26.7 Å². The van der Waals surface area contributed by atoms with Crippen molar-refractivity contribution in [1.82, 2.24) is 9.97 Å². The maximum Gasteiger partial charge on any atom is 0.222 e. The molecule has 1 aromatic rings. The Kier molecular flexibility index (Phi) is 4.81. The van der Waals surface area contributed by atoms with E-state index in [4.69, 9.17) is 5.73 Å². The molecule has 0 aliphatic rings. The minimum Gasteiger partial charge on any atom is -0.368 e. The molecule has 4 nitrogen and oxygen atoms in total. The lowest BCUT2D eigenvalue weighted by atomic mass is 10.3. The molecular weight excluding hydrogens is 256 g/mol. The maximum absolute atomic E-state index is 5.59. The third kappa shape index (κ3) is 3.34. The molecule has 0 amide bonds. The van der Waals surface area contributed by atoms with Gasteiger partial charge in [-0.05, 0) is 28.8 Å². The van der Waals surface area contributed by atoms with Crippen molar-refractivity contribution < 1.29 is 0 Å². The van der Waals surface area contributed by atoms with Gasteiger partial charge in [0.1, 0.15) is 5.82 Å². The number of hydrogen-bond acceptors (Lipinski definition) is 4. The number of nitrogen functional groups attached to an aromatic ring is 1. The molecule has 0 aromatic carbocycles. The molecule has 0 atom stereocenters. The SMILES string of the molecule is CCCN(CCC)c1nc(N)ncc1Br. The molecule has 0 radical (unpaired) electrons. The molecule has 0 fully saturated rings. The summed E-state index contributed by atoms with van der Waals surface area (Å²) in [4.78, 5) is 10.4. The van der Waals surface area contributed by atoms with Crippen LogP contribution in [0.25, 0.3) is 0 Å². The first-order valence-electron chi connectivity index (χ1n) is 5.22. The second-order valence-corrected chi connectivity index (χ2v) is 4.24. The van der Waals surface area contributed by atoms with Gasteiger partial charge in [0.15, 0.2) is 0 Å². The Hall–Kier alpha value is -0.840. The Morgan fingerprint density at radius 1 is 1.33 bits per heavy atom. The van der Waals surface area contributed by atoms with E-state index in [-0.39, 0.29) is 0 Å². The zero-order chi connectivity index (χ0) is 11.3. The molecule has 84 valence electrons. The van der Waals surface area contributed by atoms with Crippen LogP contribution in [0.2, 0.25) is 0 Å². The van der Waals surface area contributed by atoms with Gasteiger partial charge >= 0.3 is 0 Å². The lowest BCUT2D eigenvalue weighted by Crippen LogP contribution is -2.26. The minimum atomic E-state index is 0.324. The van der Waals surface area contributed by atoms with Crippen molar-refractivity contribution in [3.05, 3.63) is 10.7 Å². The van der Waals surface area contributed by atoms with E-state index >= 15 is 0 Å². The van der Waals surface area contributed by atoms with Crippen LogP contribution in [0.3, 0.4) is 0 Å². The van der Waals surface area contributed by atoms with Gasteiger partial charge in [-0.25, -0.2) is 4.98 Å². The van der Waals surface area contributed by atoms with Gasteiger partial charge in [-0.2, -0.15) is 4.98 Å². The van der Waals surface area contributed by atoms with Crippen molar-refractivity contribution in [3.8, 4) is 0 Å². The van der Waals surface area contributed by atoms with Crippen molar-refractivity contribution in [2.75, 3.05) is 23.7 Å². The Balaban J connectivity index is 2.93. The van der Waals surface area contributed by atoms with Gasteiger partial charge in [0.05, 0.1) is 4.47 Å². The number of nitrogens with two attached hydrogens (primary N) is 1. The molecule has 1 rings (SSSR count). The normalized spacial score (nSPS) is 10.3. The van der Waals surface area contributed by atoms with Crippen molar-refractivity contribution in [3.63, 3.8) is 0 Å². The molecular formula is C10H17BrN4. The van der Waals surface area contributed by atoms with Crippen LogP contribution in [0, 0.1) is 0 Å². The van der Waals surface area contributed by atoms with E-state index in [0.717, 1.165) is 36.2 Å². The summed E-state index contributed by atoms with van der Waals surface area (Å²) in [5, 5.41) is 0. The quantitative estimate of drug-likeness (QED) is 0.895. The number of aromatic nitrogens is 2. The second kappa shape index (κ2) is 5.90. The van der Waals surface area contributed by atoms with E-state index in [0.29, 0.717) is 5.95 Å². The summed E-state index contributed by atoms with van der Waals surface area (Å²) >= 11 is 3.45. The molecule has 0 saturated heterocycles. The Bertz CT molecular complexity index is 310. The third-order valence-electron chi connectivity index (χ3n) is 2.03. The van der Waals surface area contributed by atoms with Crippen molar-refractivity contribution in [2.45, 2.75) is 26.7 Å². The summed E-state index contributed by atoms with van der Waals surface area (Å²) in [6.45, 7) is 6.29. The Morgan fingerprint density at radius 2 is 1.93 bits per heavy atom. The highest BCUT2D eigenvalue weighted by Crippen LogP contribution is 2.23. The predicted molar refractivity (Wildman–Crippen MR) is 66.9 cm³/mol. The van der Waals surface area contributed by atoms with Gasteiger partial charge in [0.2, 0.25) is 5.95 Å². The van der Waals surface area contributed by atoms with Gasteiger partial charge in [0.25, 0.3) is 0 Å². The summed E-state index contributed by atoms with van der Waals surface area (Å²) in [6.07, 6.45) is 3.89. The monoisotopic (exact) mass is 272 g/mol. The van der Waals surface area contributed by atoms with E-state index in [1.807, 2.05) is 0 Å². The van der Waals surface area contributed by atoms with Crippen LogP contribution in [-0.4, -0.2) is 23.1 Å². The first-order chi connectivity index (χ1) is 7.19. The van der Waals surface area contributed by atoms with Gasteiger partial charge in [0, 0.05) is 19.3 Å². The topological polar surface area (TPSA) is 55.0 Å². The molecule has 5 heteroatoms. The van der Waals surface area contributed by atoms with Gasteiger partial charge in [-0.15, -0.1) is 0 Å². The summed E-state index contributed by atoms with van der Waals surface area (Å²) in [6, 6.07) is 0. The van der Waals surface area contributed by atoms with Crippen LogP contribution in [0.4, 0.5) is 11.8 Å². The molecule has 0 spiro atoms. The van der Waals surface area contributed by atoms with E-state index < -0.39 is 0 Å². The van der Waals surface area contributed by atoms with Gasteiger partial charge < -0.3 is 10.6 Å². The summed E-state index contributed by atoms with van der Waals surface area (Å²) < 4.78 is 0.901. The second-order valence-electron chi connectivity index (χ2n) is 3.39. The highest BCUT2D eigenvalue weighted by atomic mass is 79.9. The summed E-state index contributed by atoms with van der Waals surface area (Å²) in [5.41, 5.74) is 5.59. The minimum absolute atomic E-state index is 0.324. The van der Waals surface area contributed by atoms with E-state index in [2.05, 4.69) is 44.6 Å². The highest BCUT2D eigenvalue weighted by Gasteiger charge is 2.10. The van der Waals surface area contributed by atoms with Crippen molar-refractivity contribution in [2.24, 2.45) is 0 Å². The van der Waals surface area contributed by atoms with Gasteiger partial charge in [-0.3, -0.25) is 0 Å². The lowest BCUT2D eigenvalue weighted by Gasteiger charge is -2.23. The fourth-order valence-electron chi connectivity index (χ4n) is 1.46. The summed E-state index contributed by atoms with van der Waals surface area (Å²) in [7, 11) is 0. The number of rotatable bonds is 5. The average Bonchev–Trinajstić information content (AvgIpc) is 2.21. The van der Waals surface area contributed by atoms with Crippen LogP contribution in [-0.2, 0) is 0 Å². The molecule has 1 aromatic heterocycles. The molecule has 1 heterocycles. The fourth-order valence-corrected chi connectivity index (χ4v) is 1.90. The van der Waals surface area contributed by atoms with Crippen molar-refractivity contribution in [1.29, 1.82) is 0 Å². The van der Waals surface area contributed by atoms with E-state index in [1.165, 1.54) is 0 Å². The summed E-state index contributed by atoms with van der Waals surface area (Å²) in [5.74, 6) is 1.22. The molecule has 2 N–H and O–H groups in total. The molecule has 0 saturated carbocycles. The molecule has 0 bridgehead atoms. The number of hydrogen-bond donors (Lipinski definition) is 1. The molecule has 0 aliphatic carbocycles. The number of anilines is 2. The Morgan fingerprint density at radius 3 is 2.47 bits per heavy atom. The van der Waals surface area contributed by atoms with Gasteiger partial charge in [-0.1, -0.05) is 13.8 Å². The first kappa shape index (κ1) is 12.2. The molecule has 0 unspecified atom stereocenters. The number of halogens is 1. The Labute approximate surface area is 99.0 Å². The van der Waals surface area contributed by atoms with Crippen LogP contribution in [0.15, 0.2) is 10.7 Å². The highest BCUT2D eigenvalue weighted by molar-refractivity contribution is 9.10. The smallest absolute Gasteiger partial charge is 0.222 e. The first-order valence-corrected chi connectivity index (χ1v) is 6.01. The van der Waals surface area contributed by atoms with E-state index in [9.17, 15) is 0 Å². The lowest BCUT2D eigenvalue weighted by molar-refractivity contribution is 0.731. The number of nitrogens with zero attached hydrogens (tertiary/aromatic N) is 3. The largest absolute Gasteiger partial charge is 0.368 e. The average molecular weight is 273 g/mol. The predicted octanol–water partition coefficient (Wildman–Crippen LogP) is 2.45. The fraction of sp³-hybridized carbons (Fsp3) is 0.600. The third-order valence-corrected chi connectivity index (χ3v) is 2.59. The molecule has 0 aliphatic heterocycles. The zero-order valence-electron chi connectivity index (χ0n) is 9.20. The van der Waals surface area contributed by atoms with Crippen molar-refractivity contribution >= 4 is 27.7 Å². The van der Waals surface area contributed by atoms with E-state index in [1.54, 1.807) is 6.20 Å². The maximum atomic E-state index is 5.59. The molecule has 15 heavy (non-hydrogen) atoms. The van der Waals surface area contributed by atoms with Crippen LogP contribution < -0.4 is 10.6 Å². The van der Waals surface area contributed by atoms with Crippen LogP contribution >= 0.6 is 15.9 Å².